The number of aryl methyl sites for hydroxylation is 1. The monoisotopic (exact) mass is 320 g/mol. The highest BCUT2D eigenvalue weighted by atomic mass is 16.5. The van der Waals surface area contributed by atoms with Crippen molar-refractivity contribution in [1.82, 2.24) is 10.6 Å². The van der Waals surface area contributed by atoms with Gasteiger partial charge in [-0.25, -0.2) is 0 Å². The fraction of sp³-hybridized carbons (Fsp3) is 0.529. The minimum Gasteiger partial charge on any atom is -0.497 e. The van der Waals surface area contributed by atoms with Gasteiger partial charge in [-0.1, -0.05) is 6.07 Å². The quantitative estimate of drug-likeness (QED) is 0.718. The summed E-state index contributed by atoms with van der Waals surface area (Å²) in [5, 5.41) is 16.0. The van der Waals surface area contributed by atoms with Gasteiger partial charge in [-0.05, 0) is 56.4 Å². The number of ether oxygens (including phenoxy) is 1. The third kappa shape index (κ3) is 4.01. The first kappa shape index (κ1) is 17.3. The van der Waals surface area contributed by atoms with Crippen molar-refractivity contribution >= 4 is 11.8 Å². The lowest BCUT2D eigenvalue weighted by Crippen LogP contribution is -2.48. The van der Waals surface area contributed by atoms with E-state index in [0.29, 0.717) is 6.42 Å². The lowest BCUT2D eigenvalue weighted by molar-refractivity contribution is -0.140. The minimum atomic E-state index is -1.16. The van der Waals surface area contributed by atoms with Crippen molar-refractivity contribution in [3.05, 3.63) is 29.3 Å². The first-order chi connectivity index (χ1) is 10.9. The summed E-state index contributed by atoms with van der Waals surface area (Å²) >= 11 is 0. The van der Waals surface area contributed by atoms with Crippen molar-refractivity contribution in [1.29, 1.82) is 0 Å². The Bertz CT molecular complexity index is 600. The molecule has 0 heterocycles. The Labute approximate surface area is 136 Å². The summed E-state index contributed by atoms with van der Waals surface area (Å²) in [5.41, 5.74) is 0.640. The maximum atomic E-state index is 11.8. The van der Waals surface area contributed by atoms with E-state index in [4.69, 9.17) is 4.74 Å². The Morgan fingerprint density at radius 2 is 2.09 bits per heavy atom. The largest absolute Gasteiger partial charge is 0.497 e. The van der Waals surface area contributed by atoms with Crippen molar-refractivity contribution < 1.29 is 19.4 Å². The number of rotatable bonds is 4. The fourth-order valence-corrected chi connectivity index (χ4v) is 2.88. The molecule has 126 valence electrons. The molecular formula is C17H24N2O4. The maximum absolute atomic E-state index is 11.8. The molecule has 0 aromatic heterocycles. The van der Waals surface area contributed by atoms with Crippen molar-refractivity contribution in [2.45, 2.75) is 44.8 Å². The molecule has 2 amide bonds. The second-order valence-corrected chi connectivity index (χ2v) is 6.22. The van der Waals surface area contributed by atoms with Crippen LogP contribution in [0.3, 0.4) is 0 Å². The van der Waals surface area contributed by atoms with Gasteiger partial charge in [0.1, 0.15) is 11.4 Å². The topological polar surface area (TPSA) is 87.7 Å². The van der Waals surface area contributed by atoms with Gasteiger partial charge in [-0.3, -0.25) is 9.59 Å². The fourth-order valence-electron chi connectivity index (χ4n) is 2.88. The molecule has 1 unspecified atom stereocenters. The van der Waals surface area contributed by atoms with E-state index >= 15 is 0 Å². The Kier molecular flexibility index (Phi) is 5.26. The van der Waals surface area contributed by atoms with Crippen LogP contribution in [-0.4, -0.2) is 36.6 Å². The highest BCUT2D eigenvalue weighted by Gasteiger charge is 2.35. The molecule has 1 aromatic carbocycles. The second-order valence-electron chi connectivity index (χ2n) is 6.22. The highest BCUT2D eigenvalue weighted by molar-refractivity contribution is 6.35. The van der Waals surface area contributed by atoms with Gasteiger partial charge in [0, 0.05) is 6.04 Å². The Hall–Kier alpha value is -2.08. The van der Waals surface area contributed by atoms with Gasteiger partial charge in [0.2, 0.25) is 0 Å². The molecule has 0 saturated heterocycles. The lowest BCUT2D eigenvalue weighted by Gasteiger charge is -2.34. The first-order valence-electron chi connectivity index (χ1n) is 7.84. The Morgan fingerprint density at radius 1 is 1.35 bits per heavy atom. The smallest absolute Gasteiger partial charge is 0.309 e. The van der Waals surface area contributed by atoms with Gasteiger partial charge in [-0.15, -0.1) is 0 Å². The van der Waals surface area contributed by atoms with Gasteiger partial charge in [-0.2, -0.15) is 0 Å². The summed E-state index contributed by atoms with van der Waals surface area (Å²) in [6.07, 6.45) is 2.21. The molecule has 1 aliphatic carbocycles. The van der Waals surface area contributed by atoms with Crippen LogP contribution >= 0.6 is 0 Å². The molecule has 0 bridgehead atoms. The minimum absolute atomic E-state index is 0.0106. The number of methoxy groups -OCH3 is 1. The first-order valence-corrected chi connectivity index (χ1v) is 7.84. The standard InChI is InChI=1S/C17H24N2O4/c1-11(2)19-16(21)15(20)18-10-17(22)8-4-5-12-9-13(23-3)6-7-14(12)17/h6-7,9,11,22H,4-5,8,10H2,1-3H3,(H,18,20)(H,19,21). The summed E-state index contributed by atoms with van der Waals surface area (Å²) in [6.45, 7) is 3.57. The molecule has 1 aromatic rings. The molecule has 6 heteroatoms. The molecule has 1 atom stereocenters. The number of nitrogens with one attached hydrogen (secondary N) is 2. The molecular weight excluding hydrogens is 296 g/mol. The average Bonchev–Trinajstić information content (AvgIpc) is 2.51. The lowest BCUT2D eigenvalue weighted by atomic mass is 9.79. The van der Waals surface area contributed by atoms with Crippen molar-refractivity contribution in [2.24, 2.45) is 0 Å². The molecule has 0 aliphatic heterocycles. The molecule has 0 fully saturated rings. The van der Waals surface area contributed by atoms with E-state index in [1.54, 1.807) is 27.0 Å². The molecule has 23 heavy (non-hydrogen) atoms. The van der Waals surface area contributed by atoms with E-state index in [0.717, 1.165) is 29.7 Å². The van der Waals surface area contributed by atoms with E-state index in [2.05, 4.69) is 10.6 Å². The number of fused-ring (bicyclic) bond motifs is 1. The van der Waals surface area contributed by atoms with Crippen molar-refractivity contribution in [2.75, 3.05) is 13.7 Å². The SMILES string of the molecule is COc1ccc2c(c1)CCCC2(O)CNC(=O)C(=O)NC(C)C. The summed E-state index contributed by atoms with van der Waals surface area (Å²) in [6, 6.07) is 5.42. The summed E-state index contributed by atoms with van der Waals surface area (Å²) < 4.78 is 5.21. The van der Waals surface area contributed by atoms with Gasteiger partial charge >= 0.3 is 11.8 Å². The van der Waals surface area contributed by atoms with E-state index < -0.39 is 17.4 Å². The van der Waals surface area contributed by atoms with Crippen molar-refractivity contribution in [3.63, 3.8) is 0 Å². The summed E-state index contributed by atoms with van der Waals surface area (Å²) in [5.74, 6) is -0.671. The number of benzene rings is 1. The van der Waals surface area contributed by atoms with Crippen LogP contribution in [-0.2, 0) is 21.6 Å². The van der Waals surface area contributed by atoms with E-state index in [1.165, 1.54) is 0 Å². The van der Waals surface area contributed by atoms with Crippen LogP contribution in [0.2, 0.25) is 0 Å². The number of hydrogen-bond acceptors (Lipinski definition) is 4. The van der Waals surface area contributed by atoms with Gasteiger partial charge in [0.25, 0.3) is 0 Å². The third-order valence-electron chi connectivity index (χ3n) is 4.02. The number of carbonyl (C=O) groups excluding carboxylic acids is 2. The highest BCUT2D eigenvalue weighted by Crippen LogP contribution is 2.36. The molecule has 0 saturated carbocycles. The zero-order valence-electron chi connectivity index (χ0n) is 13.8. The Balaban J connectivity index is 2.09. The van der Waals surface area contributed by atoms with E-state index in [9.17, 15) is 14.7 Å². The zero-order chi connectivity index (χ0) is 17.0. The van der Waals surface area contributed by atoms with Crippen LogP contribution in [0, 0.1) is 0 Å². The van der Waals surface area contributed by atoms with Crippen LogP contribution < -0.4 is 15.4 Å². The molecule has 0 radical (unpaired) electrons. The molecule has 2 rings (SSSR count). The molecule has 6 nitrogen and oxygen atoms in total. The number of hydrogen-bond donors (Lipinski definition) is 3. The number of amides is 2. The zero-order valence-corrected chi connectivity index (χ0v) is 13.8. The van der Waals surface area contributed by atoms with Crippen LogP contribution in [0.15, 0.2) is 18.2 Å². The summed E-state index contributed by atoms with van der Waals surface area (Å²) in [7, 11) is 1.60. The molecule has 0 spiro atoms. The Morgan fingerprint density at radius 3 is 2.74 bits per heavy atom. The summed E-state index contributed by atoms with van der Waals surface area (Å²) in [4.78, 5) is 23.5. The molecule has 1 aliphatic rings. The number of carbonyl (C=O) groups is 2. The second kappa shape index (κ2) is 7.00. The van der Waals surface area contributed by atoms with Gasteiger partial charge in [0.15, 0.2) is 0 Å². The average molecular weight is 320 g/mol. The molecule has 3 N–H and O–H groups in total. The van der Waals surface area contributed by atoms with Crippen LogP contribution in [0.25, 0.3) is 0 Å². The van der Waals surface area contributed by atoms with Crippen LogP contribution in [0.4, 0.5) is 0 Å². The number of aliphatic hydroxyl groups is 1. The predicted molar refractivity (Wildman–Crippen MR) is 86.1 cm³/mol. The third-order valence-corrected chi connectivity index (χ3v) is 4.02. The van der Waals surface area contributed by atoms with E-state index in [-0.39, 0.29) is 12.6 Å². The van der Waals surface area contributed by atoms with E-state index in [1.807, 2.05) is 12.1 Å². The van der Waals surface area contributed by atoms with Gasteiger partial charge < -0.3 is 20.5 Å². The van der Waals surface area contributed by atoms with Crippen LogP contribution in [0.1, 0.15) is 37.8 Å². The van der Waals surface area contributed by atoms with Gasteiger partial charge in [0.05, 0.1) is 13.7 Å². The predicted octanol–water partition coefficient (Wildman–Crippen LogP) is 0.860. The maximum Gasteiger partial charge on any atom is 0.309 e. The normalized spacial score (nSPS) is 19.9. The van der Waals surface area contributed by atoms with Crippen molar-refractivity contribution in [3.8, 4) is 5.75 Å². The van der Waals surface area contributed by atoms with Crippen LogP contribution in [0.5, 0.6) is 5.75 Å².